The topological polar surface area (TPSA) is 27.7 Å². The Balaban J connectivity index is 2.55. The lowest BCUT2D eigenvalue weighted by Gasteiger charge is -2.38. The number of benzene rings is 3. The molecule has 0 saturated heterocycles. The summed E-state index contributed by atoms with van der Waals surface area (Å²) in [5.41, 5.74) is 8.46. The van der Waals surface area contributed by atoms with Crippen LogP contribution in [0.15, 0.2) is 54.6 Å². The molecule has 0 aliphatic heterocycles. The lowest BCUT2D eigenvalue weighted by atomic mass is 9.69. The van der Waals surface area contributed by atoms with Crippen molar-refractivity contribution in [1.29, 1.82) is 0 Å². The first-order valence-electron chi connectivity index (χ1n) is 27.0. The zero-order valence-electron chi connectivity index (χ0n) is 45.1. The van der Waals surface area contributed by atoms with Crippen molar-refractivity contribution in [2.75, 3.05) is 0 Å². The fraction of sp³-hybridized carbons (Fsp3) is 0.700. The molecular formula is C60H99O3P. The van der Waals surface area contributed by atoms with Crippen LogP contribution in [0.5, 0.6) is 17.2 Å². The second kappa shape index (κ2) is 24.5. The first-order chi connectivity index (χ1) is 30.7. The molecule has 4 heteroatoms. The largest absolute Gasteiger partial charge is 0.530 e. The van der Waals surface area contributed by atoms with Gasteiger partial charge in [-0.25, -0.2) is 0 Å². The van der Waals surface area contributed by atoms with Crippen molar-refractivity contribution in [3.63, 3.8) is 0 Å². The summed E-state index contributed by atoms with van der Waals surface area (Å²) in [5, 5.41) is 0. The summed E-state index contributed by atoms with van der Waals surface area (Å²) in [6.45, 7) is 42.5. The van der Waals surface area contributed by atoms with E-state index in [1.54, 1.807) is 0 Å². The predicted molar refractivity (Wildman–Crippen MR) is 283 cm³/mol. The highest BCUT2D eigenvalue weighted by atomic mass is 31.2. The molecule has 0 spiro atoms. The van der Waals surface area contributed by atoms with Crippen molar-refractivity contribution in [3.05, 3.63) is 88.0 Å². The van der Waals surface area contributed by atoms with E-state index in [9.17, 15) is 0 Å². The van der Waals surface area contributed by atoms with Gasteiger partial charge in [0, 0.05) is 16.7 Å². The van der Waals surface area contributed by atoms with Crippen molar-refractivity contribution in [1.82, 2.24) is 0 Å². The molecule has 0 N–H and O–H groups in total. The van der Waals surface area contributed by atoms with E-state index in [1.165, 1.54) is 33.4 Å². The van der Waals surface area contributed by atoms with E-state index in [2.05, 4.69) is 179 Å². The van der Waals surface area contributed by atoms with Gasteiger partial charge in [0.1, 0.15) is 17.2 Å². The summed E-state index contributed by atoms with van der Waals surface area (Å²) >= 11 is 0. The SMILES string of the molecule is CCC(CC)(CC)c1ccc(OP(Oc2ccc(C(CC)(CC)CC)cc2C(CC)(CC)CC)Oc2ccc(C(CC)(CC)CC)cc2C(CC)(CC)CC)c(C(CC)(CC)CC)c1. The third-order valence-corrected chi connectivity index (χ3v) is 20.2. The van der Waals surface area contributed by atoms with Gasteiger partial charge < -0.3 is 13.6 Å². The van der Waals surface area contributed by atoms with E-state index in [4.69, 9.17) is 13.6 Å². The van der Waals surface area contributed by atoms with Gasteiger partial charge in [-0.05, 0) is 183 Å². The molecule has 0 bridgehead atoms. The van der Waals surface area contributed by atoms with Crippen LogP contribution in [0.4, 0.5) is 0 Å². The smallest absolute Gasteiger partial charge is 0.408 e. The third-order valence-electron chi connectivity index (χ3n) is 19.2. The van der Waals surface area contributed by atoms with Crippen LogP contribution in [0, 0.1) is 0 Å². The van der Waals surface area contributed by atoms with E-state index < -0.39 is 8.60 Å². The van der Waals surface area contributed by atoms with Crippen molar-refractivity contribution in [2.45, 2.75) is 273 Å². The van der Waals surface area contributed by atoms with Gasteiger partial charge in [0.25, 0.3) is 0 Å². The van der Waals surface area contributed by atoms with Gasteiger partial charge in [0.15, 0.2) is 0 Å². The van der Waals surface area contributed by atoms with Crippen molar-refractivity contribution < 1.29 is 13.6 Å². The molecule has 0 radical (unpaired) electrons. The van der Waals surface area contributed by atoms with Crippen molar-refractivity contribution >= 4 is 8.60 Å². The van der Waals surface area contributed by atoms with Crippen LogP contribution < -0.4 is 13.6 Å². The van der Waals surface area contributed by atoms with Gasteiger partial charge in [-0.15, -0.1) is 0 Å². The molecule has 0 unspecified atom stereocenters. The fourth-order valence-electron chi connectivity index (χ4n) is 12.4. The Bertz CT molecular complexity index is 1570. The second-order valence-corrected chi connectivity index (χ2v) is 20.7. The van der Waals surface area contributed by atoms with Crippen LogP contribution in [0.25, 0.3) is 0 Å². The van der Waals surface area contributed by atoms with Crippen molar-refractivity contribution in [3.8, 4) is 17.2 Å². The zero-order chi connectivity index (χ0) is 48.0. The summed E-state index contributed by atoms with van der Waals surface area (Å²) in [4.78, 5) is 0. The van der Waals surface area contributed by atoms with E-state index >= 15 is 0 Å². The minimum Gasteiger partial charge on any atom is -0.408 e. The number of hydrogen-bond donors (Lipinski definition) is 0. The van der Waals surface area contributed by atoms with E-state index in [-0.39, 0.29) is 32.5 Å². The van der Waals surface area contributed by atoms with E-state index in [1.807, 2.05) is 0 Å². The first-order valence-corrected chi connectivity index (χ1v) is 28.1. The number of rotatable bonds is 30. The second-order valence-electron chi connectivity index (χ2n) is 19.7. The standard InChI is InChI=1S/C60H99O3P/c1-19-55(20-2,21-3)46-37-40-52(49(43-46)58(28-10,29-11)30-12)61-64(62-53-41-38-47(56(22-4,23-5)24-6)44-50(53)59(31-13,32-14)33-15)63-54-42-39-48(57(25-7,26-8)27-9)45-51(54)60(34-16,35-17)36-18/h37-45H,19-36H2,1-18H3. The quantitative estimate of drug-likeness (QED) is 0.0624. The minimum atomic E-state index is -1.97. The molecule has 0 aromatic heterocycles. The lowest BCUT2D eigenvalue weighted by Crippen LogP contribution is -2.29. The Labute approximate surface area is 398 Å². The molecule has 3 aromatic carbocycles. The molecule has 3 nitrogen and oxygen atoms in total. The average molecular weight is 899 g/mol. The molecule has 0 aliphatic carbocycles. The van der Waals surface area contributed by atoms with E-state index in [0.29, 0.717) is 0 Å². The summed E-state index contributed by atoms with van der Waals surface area (Å²) in [5.74, 6) is 2.70. The molecule has 0 heterocycles. The lowest BCUT2D eigenvalue weighted by molar-refractivity contribution is 0.329. The Morgan fingerprint density at radius 3 is 0.594 bits per heavy atom. The van der Waals surface area contributed by atoms with Gasteiger partial charge >= 0.3 is 8.60 Å². The Hall–Kier alpha value is -2.51. The van der Waals surface area contributed by atoms with Gasteiger partial charge in [0.05, 0.1) is 0 Å². The first kappa shape index (κ1) is 55.8. The average Bonchev–Trinajstić information content (AvgIpc) is 3.35. The van der Waals surface area contributed by atoms with Crippen LogP contribution in [0.2, 0.25) is 0 Å². The summed E-state index contributed by atoms with van der Waals surface area (Å²) in [7, 11) is -1.97. The summed E-state index contributed by atoms with van der Waals surface area (Å²) in [6.07, 6.45) is 19.3. The highest BCUT2D eigenvalue weighted by Gasteiger charge is 2.40. The summed E-state index contributed by atoms with van der Waals surface area (Å²) in [6, 6.07) is 21.5. The third kappa shape index (κ3) is 10.6. The maximum Gasteiger partial charge on any atom is 0.530 e. The maximum absolute atomic E-state index is 7.51. The van der Waals surface area contributed by atoms with Crippen LogP contribution in [-0.4, -0.2) is 0 Å². The highest BCUT2D eigenvalue weighted by molar-refractivity contribution is 7.43. The summed E-state index contributed by atoms with van der Waals surface area (Å²) < 4.78 is 22.5. The molecule has 0 aliphatic rings. The Kier molecular flexibility index (Phi) is 21.4. The van der Waals surface area contributed by atoms with E-state index in [0.717, 1.165) is 133 Å². The van der Waals surface area contributed by atoms with Gasteiger partial charge in [-0.3, -0.25) is 0 Å². The fourth-order valence-corrected chi connectivity index (χ4v) is 13.5. The molecule has 362 valence electrons. The van der Waals surface area contributed by atoms with Gasteiger partial charge in [-0.1, -0.05) is 161 Å². The Morgan fingerprint density at radius 2 is 0.438 bits per heavy atom. The highest BCUT2D eigenvalue weighted by Crippen LogP contribution is 2.54. The molecule has 3 rings (SSSR count). The van der Waals surface area contributed by atoms with Crippen LogP contribution >= 0.6 is 8.60 Å². The van der Waals surface area contributed by atoms with Crippen LogP contribution in [0.1, 0.15) is 274 Å². The zero-order valence-corrected chi connectivity index (χ0v) is 46.0. The minimum absolute atomic E-state index is 0.0376. The van der Waals surface area contributed by atoms with Gasteiger partial charge in [-0.2, -0.15) is 0 Å². The molecule has 0 amide bonds. The molecule has 0 saturated carbocycles. The molecular weight excluding hydrogens is 800 g/mol. The molecule has 0 fully saturated rings. The monoisotopic (exact) mass is 899 g/mol. The molecule has 64 heavy (non-hydrogen) atoms. The normalized spacial score (nSPS) is 13.2. The van der Waals surface area contributed by atoms with Crippen molar-refractivity contribution in [2.24, 2.45) is 0 Å². The van der Waals surface area contributed by atoms with Gasteiger partial charge in [0.2, 0.25) is 0 Å². The molecule has 0 atom stereocenters. The Morgan fingerprint density at radius 1 is 0.266 bits per heavy atom. The van der Waals surface area contributed by atoms with Crippen LogP contribution in [-0.2, 0) is 32.5 Å². The number of hydrogen-bond acceptors (Lipinski definition) is 3. The predicted octanol–water partition coefficient (Wildman–Crippen LogP) is 20.3. The molecule has 3 aromatic rings. The van der Waals surface area contributed by atoms with Crippen LogP contribution in [0.3, 0.4) is 0 Å². The maximum atomic E-state index is 7.51.